The van der Waals surface area contributed by atoms with Crippen LogP contribution < -0.4 is 15.4 Å². The molecule has 1 unspecified atom stereocenters. The molecule has 1 saturated heterocycles. The molecule has 7 heteroatoms. The molecular formula is C26H36ClN3O3. The number of carbonyl (C=O) groups excluding carboxylic acids is 1. The van der Waals surface area contributed by atoms with Crippen LogP contribution in [-0.2, 0) is 11.3 Å². The lowest BCUT2D eigenvalue weighted by Gasteiger charge is -2.33. The number of piperidine rings is 1. The number of carbonyl (C=O) groups is 1. The summed E-state index contributed by atoms with van der Waals surface area (Å²) in [6, 6.07) is 11.9. The molecule has 0 saturated carbocycles. The Balaban J connectivity index is 1.41. The van der Waals surface area contributed by atoms with E-state index in [0.29, 0.717) is 36.1 Å². The number of amides is 1. The van der Waals surface area contributed by atoms with Crippen molar-refractivity contribution in [3.05, 3.63) is 52.5 Å². The molecule has 180 valence electrons. The van der Waals surface area contributed by atoms with Crippen LogP contribution in [0.3, 0.4) is 0 Å². The van der Waals surface area contributed by atoms with Gasteiger partial charge in [-0.3, -0.25) is 9.69 Å². The number of anilines is 1. The molecule has 0 aliphatic carbocycles. The van der Waals surface area contributed by atoms with Crippen LogP contribution in [0.15, 0.2) is 36.4 Å². The van der Waals surface area contributed by atoms with Crippen LogP contribution in [0.25, 0.3) is 0 Å². The van der Waals surface area contributed by atoms with E-state index in [-0.39, 0.29) is 17.6 Å². The zero-order valence-electron chi connectivity index (χ0n) is 19.9. The van der Waals surface area contributed by atoms with E-state index in [1.54, 1.807) is 26.0 Å². The topological polar surface area (TPSA) is 73.8 Å². The third-order valence-corrected chi connectivity index (χ3v) is 6.33. The second kappa shape index (κ2) is 12.3. The molecule has 0 bridgehead atoms. The fraction of sp³-hybridized carbons (Fsp3) is 0.500. The van der Waals surface area contributed by atoms with Crippen molar-refractivity contribution in [2.75, 3.05) is 31.6 Å². The number of hydrogen-bond acceptors (Lipinski definition) is 5. The molecule has 1 aliphatic heterocycles. The molecule has 1 amide bonds. The molecule has 0 radical (unpaired) electrons. The molecule has 1 aliphatic rings. The van der Waals surface area contributed by atoms with Gasteiger partial charge >= 0.3 is 0 Å². The first-order valence-corrected chi connectivity index (χ1v) is 12.2. The number of benzene rings is 2. The predicted molar refractivity (Wildman–Crippen MR) is 134 cm³/mol. The van der Waals surface area contributed by atoms with Crippen LogP contribution in [0, 0.1) is 12.8 Å². The molecule has 2 aromatic carbocycles. The molecule has 33 heavy (non-hydrogen) atoms. The Labute approximate surface area is 202 Å². The number of aryl methyl sites for hydroxylation is 1. The maximum Gasteiger partial charge on any atom is 0.224 e. The van der Waals surface area contributed by atoms with Gasteiger partial charge in [-0.25, -0.2) is 0 Å². The number of phenols is 1. The van der Waals surface area contributed by atoms with E-state index in [4.69, 9.17) is 16.3 Å². The third-order valence-electron chi connectivity index (χ3n) is 6.08. The molecule has 3 N–H and O–H groups in total. The number of phenolic OH excluding ortho intramolecular Hbond substituents is 1. The Hall–Kier alpha value is -2.28. The van der Waals surface area contributed by atoms with Crippen molar-refractivity contribution >= 4 is 23.2 Å². The summed E-state index contributed by atoms with van der Waals surface area (Å²) >= 11 is 5.98. The van der Waals surface area contributed by atoms with Gasteiger partial charge in [0, 0.05) is 42.6 Å². The maximum absolute atomic E-state index is 11.8. The zero-order chi connectivity index (χ0) is 23.8. The van der Waals surface area contributed by atoms with Crippen molar-refractivity contribution in [2.45, 2.75) is 52.6 Å². The number of aromatic hydroxyl groups is 1. The molecule has 1 heterocycles. The first kappa shape index (κ1) is 25.3. The van der Waals surface area contributed by atoms with Gasteiger partial charge < -0.3 is 20.5 Å². The van der Waals surface area contributed by atoms with Crippen LogP contribution in [0.4, 0.5) is 5.69 Å². The Morgan fingerprint density at radius 2 is 1.94 bits per heavy atom. The molecule has 0 spiro atoms. The summed E-state index contributed by atoms with van der Waals surface area (Å²) in [5, 5.41) is 17.4. The minimum atomic E-state index is -0.0814. The van der Waals surface area contributed by atoms with Crippen LogP contribution in [-0.4, -0.2) is 48.2 Å². The molecule has 1 atom stereocenters. The van der Waals surface area contributed by atoms with Crippen molar-refractivity contribution in [1.29, 1.82) is 0 Å². The van der Waals surface area contributed by atoms with E-state index < -0.39 is 0 Å². The highest BCUT2D eigenvalue weighted by Gasteiger charge is 2.20. The smallest absolute Gasteiger partial charge is 0.224 e. The van der Waals surface area contributed by atoms with Gasteiger partial charge in [-0.05, 0) is 62.2 Å². The highest BCUT2D eigenvalue weighted by molar-refractivity contribution is 6.30. The van der Waals surface area contributed by atoms with Crippen molar-refractivity contribution in [2.24, 2.45) is 5.92 Å². The Kier molecular flexibility index (Phi) is 9.41. The summed E-state index contributed by atoms with van der Waals surface area (Å²) in [4.78, 5) is 14.3. The van der Waals surface area contributed by atoms with Crippen LogP contribution in [0.5, 0.6) is 11.5 Å². The van der Waals surface area contributed by atoms with Gasteiger partial charge in [-0.1, -0.05) is 37.6 Å². The van der Waals surface area contributed by atoms with Crippen LogP contribution in [0.1, 0.15) is 44.2 Å². The van der Waals surface area contributed by atoms with Gasteiger partial charge in [0.25, 0.3) is 0 Å². The summed E-state index contributed by atoms with van der Waals surface area (Å²) in [7, 11) is 0. The molecule has 1 fully saturated rings. The second-order valence-electron chi connectivity index (χ2n) is 9.04. The van der Waals surface area contributed by atoms with Crippen molar-refractivity contribution in [1.82, 2.24) is 10.2 Å². The van der Waals surface area contributed by atoms with Crippen LogP contribution in [0.2, 0.25) is 5.02 Å². The van der Waals surface area contributed by atoms with Crippen molar-refractivity contribution in [3.63, 3.8) is 0 Å². The number of rotatable bonds is 10. The van der Waals surface area contributed by atoms with E-state index in [1.165, 1.54) is 5.56 Å². The van der Waals surface area contributed by atoms with E-state index in [0.717, 1.165) is 44.0 Å². The van der Waals surface area contributed by atoms with Crippen molar-refractivity contribution in [3.8, 4) is 11.5 Å². The fourth-order valence-corrected chi connectivity index (χ4v) is 4.06. The quantitative estimate of drug-likeness (QED) is 0.425. The van der Waals surface area contributed by atoms with Gasteiger partial charge in [-0.15, -0.1) is 0 Å². The number of ether oxygens (including phenoxy) is 1. The normalized spacial score (nSPS) is 15.9. The number of halogens is 1. The molecule has 6 nitrogen and oxygen atoms in total. The lowest BCUT2D eigenvalue weighted by Crippen LogP contribution is -2.43. The largest absolute Gasteiger partial charge is 0.508 e. The second-order valence-corrected chi connectivity index (χ2v) is 9.47. The van der Waals surface area contributed by atoms with Gasteiger partial charge in [0.05, 0.1) is 12.3 Å². The Morgan fingerprint density at radius 3 is 2.61 bits per heavy atom. The van der Waals surface area contributed by atoms with E-state index in [1.807, 2.05) is 12.1 Å². The fourth-order valence-electron chi connectivity index (χ4n) is 3.94. The monoisotopic (exact) mass is 473 g/mol. The summed E-state index contributed by atoms with van der Waals surface area (Å²) in [5.41, 5.74) is 2.60. The number of likely N-dealkylation sites (tertiary alicyclic amines) is 1. The highest BCUT2D eigenvalue weighted by Crippen LogP contribution is 2.32. The first-order chi connectivity index (χ1) is 15.8. The minimum Gasteiger partial charge on any atom is -0.508 e. The van der Waals surface area contributed by atoms with E-state index in [2.05, 4.69) is 34.6 Å². The van der Waals surface area contributed by atoms with E-state index >= 15 is 0 Å². The number of nitrogens with one attached hydrogen (secondary N) is 2. The average molecular weight is 474 g/mol. The van der Waals surface area contributed by atoms with Crippen molar-refractivity contribution < 1.29 is 14.6 Å². The Bertz CT molecular complexity index is 912. The molecule has 2 aromatic rings. The summed E-state index contributed by atoms with van der Waals surface area (Å²) < 4.78 is 5.98. The lowest BCUT2D eigenvalue weighted by atomic mass is 10.0. The van der Waals surface area contributed by atoms with Gasteiger partial charge in [0.2, 0.25) is 5.91 Å². The standard InChI is InChI=1S/C26H36ClN3O3/c1-4-26(32)29-23-13-19(3)24(31)14-25(23)33-17-18(2)15-28-22-9-11-30(12-10-22)16-20-5-7-21(27)8-6-20/h5-8,13-14,18,22,28,31H,4,9-12,15-17H2,1-3H3,(H,29,32). The number of hydrogen-bond donors (Lipinski definition) is 3. The van der Waals surface area contributed by atoms with Gasteiger partial charge in [0.15, 0.2) is 0 Å². The highest BCUT2D eigenvalue weighted by atomic mass is 35.5. The summed E-state index contributed by atoms with van der Waals surface area (Å²) in [6.07, 6.45) is 2.64. The van der Waals surface area contributed by atoms with E-state index in [9.17, 15) is 9.90 Å². The maximum atomic E-state index is 11.8. The third kappa shape index (κ3) is 7.91. The van der Waals surface area contributed by atoms with Gasteiger partial charge in [-0.2, -0.15) is 0 Å². The molecule has 3 rings (SSSR count). The van der Waals surface area contributed by atoms with Gasteiger partial charge in [0.1, 0.15) is 11.5 Å². The van der Waals surface area contributed by atoms with Crippen LogP contribution >= 0.6 is 11.6 Å². The minimum absolute atomic E-state index is 0.0814. The summed E-state index contributed by atoms with van der Waals surface area (Å²) in [6.45, 7) is 10.2. The SMILES string of the molecule is CCC(=O)Nc1cc(C)c(O)cc1OCC(C)CNC1CCN(Cc2ccc(Cl)cc2)CC1. The predicted octanol–water partition coefficient (Wildman–Crippen LogP) is 4.97. The molecular weight excluding hydrogens is 438 g/mol. The molecule has 0 aromatic heterocycles. The lowest BCUT2D eigenvalue weighted by molar-refractivity contribution is -0.115. The zero-order valence-corrected chi connectivity index (χ0v) is 20.6. The Morgan fingerprint density at radius 1 is 1.24 bits per heavy atom. The average Bonchev–Trinajstić information content (AvgIpc) is 2.81. The first-order valence-electron chi connectivity index (χ1n) is 11.8. The number of nitrogens with zero attached hydrogens (tertiary/aromatic N) is 1. The summed E-state index contributed by atoms with van der Waals surface area (Å²) in [5.74, 6) is 0.871.